The SMILES string of the molecule is Brc1ccc2c(c1)C(c1ccccc1)(c1ccccc1)C1=C2C(c2ccccc2)(c2ccccc2)c2ccccc21. The predicted molar refractivity (Wildman–Crippen MR) is 173 cm³/mol. The molecule has 0 fully saturated rings. The van der Waals surface area contributed by atoms with Crippen LogP contribution in [0.25, 0.3) is 11.1 Å². The largest absolute Gasteiger partial charge is 0.0717 e. The number of rotatable bonds is 4. The number of benzene rings is 6. The zero-order valence-corrected chi connectivity index (χ0v) is 24.1. The van der Waals surface area contributed by atoms with E-state index in [0.717, 1.165) is 4.47 Å². The quantitative estimate of drug-likeness (QED) is 0.193. The van der Waals surface area contributed by atoms with E-state index in [1.165, 1.54) is 55.7 Å². The van der Waals surface area contributed by atoms with Crippen LogP contribution in [0, 0.1) is 0 Å². The van der Waals surface area contributed by atoms with Gasteiger partial charge in [-0.15, -0.1) is 0 Å². The standard InChI is InChI=1S/C40H27Br/c41-32-25-26-34-36(27-32)40(30-19-9-3-10-20-30,31-21-11-4-12-22-31)37-33-23-13-14-24-35(33)39(38(34)37,28-15-5-1-6-16-28)29-17-7-2-8-18-29/h1-27H. The van der Waals surface area contributed by atoms with Crippen molar-refractivity contribution in [2.75, 3.05) is 0 Å². The van der Waals surface area contributed by atoms with E-state index in [-0.39, 0.29) is 0 Å². The third-order valence-electron chi connectivity index (χ3n) is 9.08. The van der Waals surface area contributed by atoms with Gasteiger partial charge in [0.05, 0.1) is 10.8 Å². The van der Waals surface area contributed by atoms with E-state index in [0.29, 0.717) is 0 Å². The van der Waals surface area contributed by atoms with Crippen LogP contribution in [0.15, 0.2) is 168 Å². The molecule has 1 heteroatoms. The Morgan fingerprint density at radius 2 is 0.707 bits per heavy atom. The van der Waals surface area contributed by atoms with Gasteiger partial charge in [-0.25, -0.2) is 0 Å². The Kier molecular flexibility index (Phi) is 5.52. The summed E-state index contributed by atoms with van der Waals surface area (Å²) >= 11 is 3.87. The summed E-state index contributed by atoms with van der Waals surface area (Å²) in [7, 11) is 0. The molecule has 0 nitrogen and oxygen atoms in total. The van der Waals surface area contributed by atoms with Crippen molar-refractivity contribution in [1.29, 1.82) is 0 Å². The fraction of sp³-hybridized carbons (Fsp3) is 0.0500. The molecule has 2 aliphatic rings. The van der Waals surface area contributed by atoms with Crippen molar-refractivity contribution in [3.05, 3.63) is 213 Å². The second kappa shape index (κ2) is 9.29. The van der Waals surface area contributed by atoms with Crippen LogP contribution in [0.1, 0.15) is 44.5 Å². The summed E-state index contributed by atoms with van der Waals surface area (Å²) < 4.78 is 1.09. The molecule has 0 atom stereocenters. The zero-order valence-electron chi connectivity index (χ0n) is 22.5. The summed E-state index contributed by atoms with van der Waals surface area (Å²) in [4.78, 5) is 0. The average Bonchev–Trinajstić information content (AvgIpc) is 3.52. The molecule has 0 heterocycles. The third kappa shape index (κ3) is 3.21. The van der Waals surface area contributed by atoms with Crippen LogP contribution in [0.5, 0.6) is 0 Å². The number of hydrogen-bond donors (Lipinski definition) is 0. The van der Waals surface area contributed by atoms with Gasteiger partial charge in [0.15, 0.2) is 0 Å². The number of hydrogen-bond acceptors (Lipinski definition) is 0. The Labute approximate surface area is 249 Å². The van der Waals surface area contributed by atoms with Crippen molar-refractivity contribution in [2.24, 2.45) is 0 Å². The number of halogens is 1. The van der Waals surface area contributed by atoms with Crippen molar-refractivity contribution >= 4 is 27.1 Å². The van der Waals surface area contributed by atoms with Crippen molar-refractivity contribution in [3.63, 3.8) is 0 Å². The maximum Gasteiger partial charge on any atom is 0.0717 e. The Hall–Kier alpha value is -4.46. The van der Waals surface area contributed by atoms with Gasteiger partial charge >= 0.3 is 0 Å². The summed E-state index contributed by atoms with van der Waals surface area (Å²) in [5.74, 6) is 0. The van der Waals surface area contributed by atoms with Crippen LogP contribution < -0.4 is 0 Å². The monoisotopic (exact) mass is 586 g/mol. The molecule has 0 N–H and O–H groups in total. The molecule has 41 heavy (non-hydrogen) atoms. The van der Waals surface area contributed by atoms with Crippen LogP contribution in [-0.4, -0.2) is 0 Å². The number of allylic oxidation sites excluding steroid dienone is 2. The molecule has 2 aliphatic carbocycles. The van der Waals surface area contributed by atoms with Crippen LogP contribution in [0.3, 0.4) is 0 Å². The van der Waals surface area contributed by atoms with Gasteiger partial charge in [0.1, 0.15) is 0 Å². The molecule has 0 unspecified atom stereocenters. The molecular weight excluding hydrogens is 560 g/mol. The van der Waals surface area contributed by atoms with Crippen molar-refractivity contribution < 1.29 is 0 Å². The van der Waals surface area contributed by atoms with Gasteiger partial charge in [-0.3, -0.25) is 0 Å². The van der Waals surface area contributed by atoms with Crippen LogP contribution >= 0.6 is 15.9 Å². The fourth-order valence-electron chi connectivity index (χ4n) is 7.68. The fourth-order valence-corrected chi connectivity index (χ4v) is 8.04. The van der Waals surface area contributed by atoms with Crippen LogP contribution in [0.2, 0.25) is 0 Å². The first kappa shape index (κ1) is 24.3. The normalized spacial score (nSPS) is 15.7. The third-order valence-corrected chi connectivity index (χ3v) is 9.58. The summed E-state index contributed by atoms with van der Waals surface area (Å²) in [5, 5.41) is 0. The highest BCUT2D eigenvalue weighted by Gasteiger charge is 2.59. The minimum atomic E-state index is -0.488. The molecule has 0 saturated heterocycles. The predicted octanol–water partition coefficient (Wildman–Crippen LogP) is 10.1. The van der Waals surface area contributed by atoms with Gasteiger partial charge in [-0.1, -0.05) is 168 Å². The second-order valence-corrected chi connectivity index (χ2v) is 11.9. The van der Waals surface area contributed by atoms with Crippen molar-refractivity contribution in [1.82, 2.24) is 0 Å². The van der Waals surface area contributed by atoms with E-state index >= 15 is 0 Å². The Morgan fingerprint density at radius 3 is 1.17 bits per heavy atom. The molecule has 0 spiro atoms. The lowest BCUT2D eigenvalue weighted by atomic mass is 9.64. The molecule has 194 valence electrons. The highest BCUT2D eigenvalue weighted by Crippen LogP contribution is 2.69. The Morgan fingerprint density at radius 1 is 0.341 bits per heavy atom. The molecular formula is C40H27Br. The Balaban J connectivity index is 1.64. The molecule has 0 saturated carbocycles. The van der Waals surface area contributed by atoms with Crippen molar-refractivity contribution in [3.8, 4) is 0 Å². The summed E-state index contributed by atoms with van der Waals surface area (Å²) in [6.07, 6.45) is 0. The van der Waals surface area contributed by atoms with E-state index in [9.17, 15) is 0 Å². The lowest BCUT2D eigenvalue weighted by Crippen LogP contribution is -2.30. The maximum atomic E-state index is 3.87. The minimum Gasteiger partial charge on any atom is -0.0622 e. The van der Waals surface area contributed by atoms with Crippen molar-refractivity contribution in [2.45, 2.75) is 10.8 Å². The topological polar surface area (TPSA) is 0 Å². The first-order chi connectivity index (χ1) is 20.3. The van der Waals surface area contributed by atoms with E-state index in [4.69, 9.17) is 0 Å². The van der Waals surface area contributed by atoms with Gasteiger partial charge in [0.25, 0.3) is 0 Å². The van der Waals surface area contributed by atoms with Crippen LogP contribution in [0.4, 0.5) is 0 Å². The smallest absolute Gasteiger partial charge is 0.0622 e. The summed E-state index contributed by atoms with van der Waals surface area (Å²) in [6, 6.07) is 60.4. The van der Waals surface area contributed by atoms with E-state index in [1.54, 1.807) is 0 Å². The van der Waals surface area contributed by atoms with Gasteiger partial charge < -0.3 is 0 Å². The van der Waals surface area contributed by atoms with Gasteiger partial charge in [-0.05, 0) is 67.8 Å². The summed E-state index contributed by atoms with van der Waals surface area (Å²) in [5.41, 5.74) is 12.2. The van der Waals surface area contributed by atoms with E-state index < -0.39 is 10.8 Å². The molecule has 0 aromatic heterocycles. The highest BCUT2D eigenvalue weighted by molar-refractivity contribution is 9.10. The minimum absolute atomic E-state index is 0.470. The molecule has 0 radical (unpaired) electrons. The molecule has 6 aromatic rings. The van der Waals surface area contributed by atoms with Gasteiger partial charge in [0, 0.05) is 4.47 Å². The van der Waals surface area contributed by atoms with Gasteiger partial charge in [-0.2, -0.15) is 0 Å². The molecule has 0 bridgehead atoms. The maximum absolute atomic E-state index is 3.87. The lowest BCUT2D eigenvalue weighted by Gasteiger charge is -2.37. The first-order valence-electron chi connectivity index (χ1n) is 14.1. The molecule has 0 amide bonds. The highest BCUT2D eigenvalue weighted by atomic mass is 79.9. The Bertz CT molecular complexity index is 1840. The first-order valence-corrected chi connectivity index (χ1v) is 14.9. The lowest BCUT2D eigenvalue weighted by molar-refractivity contribution is 0.800. The van der Waals surface area contributed by atoms with E-state index in [1.807, 2.05) is 0 Å². The summed E-state index contributed by atoms with van der Waals surface area (Å²) in [6.45, 7) is 0. The van der Waals surface area contributed by atoms with Crippen LogP contribution in [-0.2, 0) is 10.8 Å². The van der Waals surface area contributed by atoms with Gasteiger partial charge in [0.2, 0.25) is 0 Å². The number of fused-ring (bicyclic) bond motifs is 4. The molecule has 8 rings (SSSR count). The molecule has 0 aliphatic heterocycles. The van der Waals surface area contributed by atoms with E-state index in [2.05, 4.69) is 180 Å². The average molecular weight is 588 g/mol. The molecule has 6 aromatic carbocycles. The second-order valence-electron chi connectivity index (χ2n) is 10.9. The zero-order chi connectivity index (χ0) is 27.4.